The Morgan fingerprint density at radius 2 is 0.932 bits per heavy atom. The van der Waals surface area contributed by atoms with Crippen LogP contribution in [0, 0.1) is 5.92 Å². The second-order valence-corrected chi connectivity index (χ2v) is 12.4. The topological polar surface area (TPSA) is 93.1 Å². The van der Waals surface area contributed by atoms with Gasteiger partial charge in [-0.1, -0.05) is 120 Å². The molecule has 2 N–H and O–H groups in total. The first-order chi connectivity index (χ1) is 21.3. The summed E-state index contributed by atoms with van der Waals surface area (Å²) in [6.45, 7) is 6.10. The largest absolute Gasteiger partial charge is 0.463 e. The Hall–Kier alpha value is -2.18. The van der Waals surface area contributed by atoms with Gasteiger partial charge in [0.05, 0.1) is 6.10 Å². The maximum absolute atomic E-state index is 11.9. The molecule has 254 valence electrons. The van der Waals surface area contributed by atoms with Gasteiger partial charge in [0.1, 0.15) is 19.3 Å². The Labute approximate surface area is 270 Å². The summed E-state index contributed by atoms with van der Waals surface area (Å²) in [7, 11) is 0. The third kappa shape index (κ3) is 34.3. The van der Waals surface area contributed by atoms with Crippen molar-refractivity contribution in [2.75, 3.05) is 13.2 Å². The molecular weight excluding hydrogens is 552 g/mol. The molecule has 0 aromatic rings. The lowest BCUT2D eigenvalue weighted by Crippen LogP contribution is -2.25. The molecule has 0 aromatic carbocycles. The van der Waals surface area contributed by atoms with Gasteiger partial charge in [-0.3, -0.25) is 9.59 Å². The number of rotatable bonds is 30. The van der Waals surface area contributed by atoms with Crippen LogP contribution in [0.4, 0.5) is 0 Å². The molecule has 0 heterocycles. The van der Waals surface area contributed by atoms with Crippen LogP contribution in [-0.4, -0.2) is 47.6 Å². The zero-order valence-corrected chi connectivity index (χ0v) is 28.4. The highest BCUT2D eigenvalue weighted by Crippen LogP contribution is 2.13. The van der Waals surface area contributed by atoms with Crippen molar-refractivity contribution in [3.63, 3.8) is 0 Å². The van der Waals surface area contributed by atoms with Crippen molar-refractivity contribution in [2.45, 2.75) is 161 Å². The molecule has 0 aliphatic rings. The molecule has 44 heavy (non-hydrogen) atoms. The van der Waals surface area contributed by atoms with Gasteiger partial charge in [-0.05, 0) is 70.6 Å². The quantitative estimate of drug-likeness (QED) is 0.0473. The molecule has 6 nitrogen and oxygen atoms in total. The summed E-state index contributed by atoms with van der Waals surface area (Å²) in [6.07, 6.45) is 35.9. The van der Waals surface area contributed by atoms with Gasteiger partial charge in [0, 0.05) is 12.8 Å². The second-order valence-electron chi connectivity index (χ2n) is 12.4. The fourth-order valence-electron chi connectivity index (χ4n) is 4.57. The van der Waals surface area contributed by atoms with Crippen LogP contribution in [-0.2, 0) is 19.1 Å². The van der Waals surface area contributed by atoms with E-state index in [0.717, 1.165) is 70.1 Å². The van der Waals surface area contributed by atoms with E-state index in [9.17, 15) is 19.8 Å². The fraction of sp³-hybridized carbons (Fsp3) is 0.737. The zero-order chi connectivity index (χ0) is 32.5. The molecule has 0 saturated carbocycles. The molecule has 0 spiro atoms. The molecule has 0 saturated heterocycles. The van der Waals surface area contributed by atoms with Crippen LogP contribution in [0.5, 0.6) is 0 Å². The minimum Gasteiger partial charge on any atom is -0.463 e. The molecule has 2 atom stereocenters. The van der Waals surface area contributed by atoms with E-state index < -0.39 is 6.10 Å². The Kier molecular flexibility index (Phi) is 30.6. The Morgan fingerprint density at radius 3 is 1.41 bits per heavy atom. The van der Waals surface area contributed by atoms with Crippen molar-refractivity contribution in [3.8, 4) is 0 Å². The maximum atomic E-state index is 11.9. The normalized spacial score (nSPS) is 13.6. The zero-order valence-electron chi connectivity index (χ0n) is 28.4. The average Bonchev–Trinajstić information content (AvgIpc) is 2.98. The number of esters is 2. The van der Waals surface area contributed by atoms with Gasteiger partial charge in [-0.15, -0.1) is 0 Å². The molecule has 0 amide bonds. The summed E-state index contributed by atoms with van der Waals surface area (Å²) >= 11 is 0. The molecule has 0 bridgehead atoms. The number of aliphatic hydroxyl groups excluding tert-OH is 2. The Morgan fingerprint density at radius 1 is 0.523 bits per heavy atom. The van der Waals surface area contributed by atoms with Crippen molar-refractivity contribution >= 4 is 11.9 Å². The van der Waals surface area contributed by atoms with Crippen LogP contribution in [0.2, 0.25) is 0 Å². The first-order valence-electron chi connectivity index (χ1n) is 17.6. The van der Waals surface area contributed by atoms with Crippen molar-refractivity contribution in [1.82, 2.24) is 0 Å². The summed E-state index contributed by atoms with van der Waals surface area (Å²) < 4.78 is 10.2. The van der Waals surface area contributed by atoms with E-state index in [-0.39, 0.29) is 31.3 Å². The SMILES string of the molecule is CC(C)CCCCCCCCCCCC(=O)OC[C@@H](O)COC(=O)CCC/C=C\C/C=C\C/C=C\C/C=C\CCC[C@@H](C)O. The van der Waals surface area contributed by atoms with Gasteiger partial charge in [-0.25, -0.2) is 0 Å². The lowest BCUT2D eigenvalue weighted by molar-refractivity contribution is -0.152. The van der Waals surface area contributed by atoms with Crippen molar-refractivity contribution in [3.05, 3.63) is 48.6 Å². The smallest absolute Gasteiger partial charge is 0.305 e. The molecule has 0 rings (SSSR count). The van der Waals surface area contributed by atoms with Crippen molar-refractivity contribution in [1.29, 1.82) is 0 Å². The van der Waals surface area contributed by atoms with E-state index >= 15 is 0 Å². The summed E-state index contributed by atoms with van der Waals surface area (Å²) in [4.78, 5) is 23.8. The predicted octanol–water partition coefficient (Wildman–Crippen LogP) is 9.50. The minimum absolute atomic E-state index is 0.141. The molecule has 0 unspecified atom stereocenters. The standard InChI is InChI=1S/C38H66O6/c1-34(2)28-24-20-16-12-11-15-19-23-27-31-38(42)44-33-36(40)32-43-37(41)30-26-22-18-14-10-8-6-4-5-7-9-13-17-21-25-29-35(3)39/h5-8,13-14,17-18,34-36,39-40H,4,9-12,15-16,19-33H2,1-3H3/b7-5-,8-6-,17-13-,18-14-/t35-,36+/m1/s1. The average molecular weight is 619 g/mol. The summed E-state index contributed by atoms with van der Waals surface area (Å²) in [5.74, 6) is 0.162. The molecule has 0 aliphatic carbocycles. The van der Waals surface area contributed by atoms with Crippen molar-refractivity contribution < 1.29 is 29.3 Å². The number of unbranched alkanes of at least 4 members (excludes halogenated alkanes) is 10. The van der Waals surface area contributed by atoms with Gasteiger partial charge in [0.25, 0.3) is 0 Å². The third-order valence-corrected chi connectivity index (χ3v) is 7.26. The first-order valence-corrected chi connectivity index (χ1v) is 17.6. The van der Waals surface area contributed by atoms with Gasteiger partial charge in [-0.2, -0.15) is 0 Å². The molecular formula is C38H66O6. The number of carbonyl (C=O) groups is 2. The summed E-state index contributed by atoms with van der Waals surface area (Å²) in [5, 5.41) is 19.2. The highest BCUT2D eigenvalue weighted by Gasteiger charge is 2.12. The Balaban J connectivity index is 3.58. The highest BCUT2D eigenvalue weighted by molar-refractivity contribution is 5.69. The van der Waals surface area contributed by atoms with E-state index in [4.69, 9.17) is 9.47 Å². The minimum atomic E-state index is -0.993. The van der Waals surface area contributed by atoms with Crippen LogP contribution in [0.25, 0.3) is 0 Å². The fourth-order valence-corrected chi connectivity index (χ4v) is 4.57. The van der Waals surface area contributed by atoms with Crippen LogP contribution >= 0.6 is 0 Å². The number of hydrogen-bond acceptors (Lipinski definition) is 6. The third-order valence-electron chi connectivity index (χ3n) is 7.26. The number of carbonyl (C=O) groups excluding carboxylic acids is 2. The number of allylic oxidation sites excluding steroid dienone is 8. The number of aliphatic hydroxyl groups is 2. The van der Waals surface area contributed by atoms with Crippen LogP contribution in [0.15, 0.2) is 48.6 Å². The van der Waals surface area contributed by atoms with Gasteiger partial charge >= 0.3 is 11.9 Å². The van der Waals surface area contributed by atoms with Crippen LogP contribution in [0.3, 0.4) is 0 Å². The van der Waals surface area contributed by atoms with Crippen LogP contribution < -0.4 is 0 Å². The lowest BCUT2D eigenvalue weighted by Gasteiger charge is -2.12. The molecule has 0 aliphatic heterocycles. The maximum Gasteiger partial charge on any atom is 0.305 e. The molecule has 0 fully saturated rings. The lowest BCUT2D eigenvalue weighted by atomic mass is 10.0. The highest BCUT2D eigenvalue weighted by atomic mass is 16.6. The van der Waals surface area contributed by atoms with Gasteiger partial charge in [0.2, 0.25) is 0 Å². The molecule has 0 aromatic heterocycles. The van der Waals surface area contributed by atoms with E-state index in [0.29, 0.717) is 19.3 Å². The van der Waals surface area contributed by atoms with Gasteiger partial charge in [0.15, 0.2) is 0 Å². The van der Waals surface area contributed by atoms with E-state index in [1.807, 2.05) is 6.92 Å². The summed E-state index contributed by atoms with van der Waals surface area (Å²) in [6, 6.07) is 0. The molecule has 6 heteroatoms. The number of hydrogen-bond donors (Lipinski definition) is 2. The van der Waals surface area contributed by atoms with E-state index in [2.05, 4.69) is 62.5 Å². The van der Waals surface area contributed by atoms with E-state index in [1.54, 1.807) is 0 Å². The second kappa shape index (κ2) is 32.2. The first kappa shape index (κ1) is 41.8. The summed E-state index contributed by atoms with van der Waals surface area (Å²) in [5.41, 5.74) is 0. The molecule has 0 radical (unpaired) electrons. The van der Waals surface area contributed by atoms with Crippen LogP contribution in [0.1, 0.15) is 149 Å². The van der Waals surface area contributed by atoms with Crippen molar-refractivity contribution in [2.24, 2.45) is 5.92 Å². The number of ether oxygens (including phenoxy) is 2. The predicted molar refractivity (Wildman–Crippen MR) is 183 cm³/mol. The van der Waals surface area contributed by atoms with E-state index in [1.165, 1.54) is 44.9 Å². The Bertz CT molecular complexity index is 780. The monoisotopic (exact) mass is 618 g/mol. The van der Waals surface area contributed by atoms with Gasteiger partial charge < -0.3 is 19.7 Å².